The van der Waals surface area contributed by atoms with Gasteiger partial charge in [-0.25, -0.2) is 0 Å². The van der Waals surface area contributed by atoms with E-state index in [1.54, 1.807) is 0 Å². The molecular formula is C15H27N3. The normalized spacial score (nSPS) is 18.9. The van der Waals surface area contributed by atoms with E-state index in [0.717, 1.165) is 19.4 Å². The van der Waals surface area contributed by atoms with E-state index in [1.807, 2.05) is 0 Å². The van der Waals surface area contributed by atoms with Crippen molar-refractivity contribution in [3.63, 3.8) is 0 Å². The summed E-state index contributed by atoms with van der Waals surface area (Å²) in [5.74, 6) is 0. The molecule has 0 bridgehead atoms. The molecule has 1 N–H and O–H groups in total. The van der Waals surface area contributed by atoms with Crippen molar-refractivity contribution < 1.29 is 0 Å². The first-order chi connectivity index (χ1) is 8.59. The first kappa shape index (κ1) is 13.6. The van der Waals surface area contributed by atoms with Crippen molar-refractivity contribution >= 4 is 0 Å². The van der Waals surface area contributed by atoms with Crippen LogP contribution in [0.25, 0.3) is 0 Å². The molecule has 1 atom stereocenters. The van der Waals surface area contributed by atoms with Gasteiger partial charge in [0, 0.05) is 25.2 Å². The van der Waals surface area contributed by atoms with Gasteiger partial charge in [-0.05, 0) is 43.7 Å². The van der Waals surface area contributed by atoms with E-state index in [9.17, 15) is 0 Å². The Kier molecular flexibility index (Phi) is 4.10. The minimum atomic E-state index is 0.520. The topological polar surface area (TPSA) is 29.9 Å². The Morgan fingerprint density at radius 1 is 1.44 bits per heavy atom. The second kappa shape index (κ2) is 5.43. The third kappa shape index (κ3) is 2.94. The van der Waals surface area contributed by atoms with Crippen LogP contribution in [0.5, 0.6) is 0 Å². The van der Waals surface area contributed by atoms with E-state index < -0.39 is 0 Å². The average Bonchev–Trinajstić information content (AvgIpc) is 3.00. The Balaban J connectivity index is 2.05. The molecule has 1 heterocycles. The molecule has 1 aliphatic rings. The lowest BCUT2D eigenvalue weighted by Gasteiger charge is -2.25. The summed E-state index contributed by atoms with van der Waals surface area (Å²) in [7, 11) is 2.07. The van der Waals surface area contributed by atoms with E-state index >= 15 is 0 Å². The average molecular weight is 249 g/mol. The molecule has 1 unspecified atom stereocenters. The number of nitrogens with one attached hydrogen (secondary N) is 1. The van der Waals surface area contributed by atoms with Gasteiger partial charge in [-0.15, -0.1) is 0 Å². The molecule has 1 fully saturated rings. The standard InChI is InChI=1S/C15H27N3/c1-5-9-16-14(15(3)7-8-15)11-13-10-12(6-2)17-18(13)4/h10,14,16H,5-9,11H2,1-4H3. The SMILES string of the molecule is CCCNC(Cc1cc(CC)nn1C)C1(C)CC1. The van der Waals surface area contributed by atoms with Crippen LogP contribution < -0.4 is 5.32 Å². The van der Waals surface area contributed by atoms with Gasteiger partial charge in [0.25, 0.3) is 0 Å². The van der Waals surface area contributed by atoms with E-state index in [2.05, 4.69) is 49.0 Å². The summed E-state index contributed by atoms with van der Waals surface area (Å²) in [5, 5.41) is 8.29. The molecular weight excluding hydrogens is 222 g/mol. The lowest BCUT2D eigenvalue weighted by atomic mass is 9.94. The monoisotopic (exact) mass is 249 g/mol. The fourth-order valence-electron chi connectivity index (χ4n) is 2.57. The Bertz CT molecular complexity index is 390. The van der Waals surface area contributed by atoms with Gasteiger partial charge < -0.3 is 5.32 Å². The number of rotatable bonds is 7. The van der Waals surface area contributed by atoms with Gasteiger partial charge in [-0.2, -0.15) is 5.10 Å². The molecule has 0 aromatic carbocycles. The van der Waals surface area contributed by atoms with Gasteiger partial charge in [0.15, 0.2) is 0 Å². The van der Waals surface area contributed by atoms with Crippen LogP contribution in [0, 0.1) is 5.41 Å². The van der Waals surface area contributed by atoms with Crippen molar-refractivity contribution in [2.24, 2.45) is 12.5 Å². The summed E-state index contributed by atoms with van der Waals surface area (Å²) >= 11 is 0. The molecule has 0 aliphatic heterocycles. The maximum Gasteiger partial charge on any atom is 0.0624 e. The van der Waals surface area contributed by atoms with Crippen molar-refractivity contribution in [3.8, 4) is 0 Å². The lowest BCUT2D eigenvalue weighted by molar-refractivity contribution is 0.348. The highest BCUT2D eigenvalue weighted by molar-refractivity contribution is 5.14. The van der Waals surface area contributed by atoms with Gasteiger partial charge in [0.1, 0.15) is 0 Å². The van der Waals surface area contributed by atoms with Crippen LogP contribution in [-0.4, -0.2) is 22.4 Å². The molecule has 3 nitrogen and oxygen atoms in total. The maximum absolute atomic E-state index is 4.55. The molecule has 0 spiro atoms. The molecule has 18 heavy (non-hydrogen) atoms. The highest BCUT2D eigenvalue weighted by Gasteiger charge is 2.44. The van der Waals surface area contributed by atoms with Crippen LogP contribution in [0.1, 0.15) is 51.4 Å². The quantitative estimate of drug-likeness (QED) is 0.805. The van der Waals surface area contributed by atoms with Crippen molar-refractivity contribution in [2.75, 3.05) is 6.54 Å². The summed E-state index contributed by atoms with van der Waals surface area (Å²) in [5.41, 5.74) is 3.10. The zero-order chi connectivity index (χ0) is 13.2. The van der Waals surface area contributed by atoms with Gasteiger partial charge in [-0.1, -0.05) is 20.8 Å². The molecule has 0 radical (unpaired) electrons. The molecule has 1 aliphatic carbocycles. The summed E-state index contributed by atoms with van der Waals surface area (Å²) in [6.45, 7) is 7.94. The van der Waals surface area contributed by atoms with E-state index in [1.165, 1.54) is 30.7 Å². The molecule has 0 amide bonds. The van der Waals surface area contributed by atoms with Crippen molar-refractivity contribution in [3.05, 3.63) is 17.5 Å². The minimum absolute atomic E-state index is 0.520. The Hall–Kier alpha value is -0.830. The molecule has 2 rings (SSSR count). The highest BCUT2D eigenvalue weighted by Crippen LogP contribution is 2.48. The summed E-state index contributed by atoms with van der Waals surface area (Å²) < 4.78 is 2.06. The van der Waals surface area contributed by atoms with E-state index in [-0.39, 0.29) is 0 Å². The van der Waals surface area contributed by atoms with Gasteiger partial charge in [0.2, 0.25) is 0 Å². The first-order valence-corrected chi connectivity index (χ1v) is 7.34. The number of aryl methyl sites for hydroxylation is 2. The van der Waals surface area contributed by atoms with E-state index in [4.69, 9.17) is 0 Å². The molecule has 1 aromatic rings. The fourth-order valence-corrected chi connectivity index (χ4v) is 2.57. The Morgan fingerprint density at radius 2 is 2.17 bits per heavy atom. The molecule has 1 aromatic heterocycles. The van der Waals surface area contributed by atoms with Gasteiger partial charge in [0.05, 0.1) is 5.69 Å². The first-order valence-electron chi connectivity index (χ1n) is 7.34. The zero-order valence-corrected chi connectivity index (χ0v) is 12.3. The lowest BCUT2D eigenvalue weighted by Crippen LogP contribution is -2.39. The predicted octanol–water partition coefficient (Wildman–Crippen LogP) is 2.69. The molecule has 0 saturated heterocycles. The minimum Gasteiger partial charge on any atom is -0.313 e. The Labute approximate surface area is 111 Å². The smallest absolute Gasteiger partial charge is 0.0624 e. The maximum atomic E-state index is 4.55. The summed E-state index contributed by atoms with van der Waals surface area (Å²) in [6, 6.07) is 2.88. The number of aromatic nitrogens is 2. The number of nitrogens with zero attached hydrogens (tertiary/aromatic N) is 2. The third-order valence-corrected chi connectivity index (χ3v) is 4.32. The highest BCUT2D eigenvalue weighted by atomic mass is 15.3. The number of hydrogen-bond donors (Lipinski definition) is 1. The second-order valence-corrected chi connectivity index (χ2v) is 5.97. The number of hydrogen-bond acceptors (Lipinski definition) is 2. The second-order valence-electron chi connectivity index (χ2n) is 5.97. The van der Waals surface area contributed by atoms with Gasteiger partial charge in [-0.3, -0.25) is 4.68 Å². The summed E-state index contributed by atoms with van der Waals surface area (Å²) in [6.07, 6.45) is 6.08. The van der Waals surface area contributed by atoms with Crippen LogP contribution in [0.15, 0.2) is 6.07 Å². The van der Waals surface area contributed by atoms with Crippen LogP contribution in [0.4, 0.5) is 0 Å². The fraction of sp³-hybridized carbons (Fsp3) is 0.800. The van der Waals surface area contributed by atoms with Crippen molar-refractivity contribution in [2.45, 2.75) is 58.9 Å². The molecule has 102 valence electrons. The van der Waals surface area contributed by atoms with Crippen LogP contribution >= 0.6 is 0 Å². The summed E-state index contributed by atoms with van der Waals surface area (Å²) in [4.78, 5) is 0. The largest absolute Gasteiger partial charge is 0.313 e. The van der Waals surface area contributed by atoms with Crippen molar-refractivity contribution in [1.29, 1.82) is 0 Å². The molecule has 1 saturated carbocycles. The van der Waals surface area contributed by atoms with Gasteiger partial charge >= 0.3 is 0 Å². The van der Waals surface area contributed by atoms with Crippen LogP contribution in [-0.2, 0) is 19.9 Å². The Morgan fingerprint density at radius 3 is 2.67 bits per heavy atom. The van der Waals surface area contributed by atoms with Crippen molar-refractivity contribution in [1.82, 2.24) is 15.1 Å². The van der Waals surface area contributed by atoms with Crippen LogP contribution in [0.3, 0.4) is 0 Å². The molecule has 3 heteroatoms. The third-order valence-electron chi connectivity index (χ3n) is 4.32. The predicted molar refractivity (Wildman–Crippen MR) is 75.7 cm³/mol. The van der Waals surface area contributed by atoms with Crippen LogP contribution in [0.2, 0.25) is 0 Å². The zero-order valence-electron chi connectivity index (χ0n) is 12.3. The van der Waals surface area contributed by atoms with E-state index in [0.29, 0.717) is 11.5 Å².